The number of hydrogen-bond acceptors (Lipinski definition) is 4. The van der Waals surface area contributed by atoms with Crippen molar-refractivity contribution in [1.29, 1.82) is 0 Å². The molecule has 0 radical (unpaired) electrons. The summed E-state index contributed by atoms with van der Waals surface area (Å²) in [6.07, 6.45) is 6.02. The van der Waals surface area contributed by atoms with Crippen molar-refractivity contribution < 1.29 is 4.79 Å². The van der Waals surface area contributed by atoms with Gasteiger partial charge in [-0.1, -0.05) is 0 Å². The molecule has 0 saturated heterocycles. The van der Waals surface area contributed by atoms with Gasteiger partial charge in [0, 0.05) is 43.2 Å². The van der Waals surface area contributed by atoms with E-state index in [0.717, 1.165) is 10.9 Å². The Kier molecular flexibility index (Phi) is 5.11. The van der Waals surface area contributed by atoms with Crippen molar-refractivity contribution in [3.8, 4) is 0 Å². The van der Waals surface area contributed by atoms with Crippen LogP contribution in [0.5, 0.6) is 0 Å². The van der Waals surface area contributed by atoms with Gasteiger partial charge in [0.15, 0.2) is 0 Å². The molecule has 0 fully saturated rings. The molecule has 0 spiro atoms. The summed E-state index contributed by atoms with van der Waals surface area (Å²) in [5, 5.41) is 5.97. The molecule has 0 aromatic carbocycles. The molecule has 2 heterocycles. The minimum absolute atomic E-state index is 0.0749. The highest BCUT2D eigenvalue weighted by atomic mass is 79.9. The molecule has 0 aliphatic heterocycles. The lowest BCUT2D eigenvalue weighted by atomic mass is 10.3. The van der Waals surface area contributed by atoms with Gasteiger partial charge in [0.05, 0.1) is 0 Å². The normalized spacial score (nSPS) is 10.3. The molecule has 20 heavy (non-hydrogen) atoms. The molecule has 6 nitrogen and oxygen atoms in total. The van der Waals surface area contributed by atoms with Crippen molar-refractivity contribution >= 4 is 27.8 Å². The van der Waals surface area contributed by atoms with Gasteiger partial charge in [0.1, 0.15) is 5.69 Å². The number of aryl methyl sites for hydroxylation is 1. The van der Waals surface area contributed by atoms with Crippen molar-refractivity contribution in [3.05, 3.63) is 40.9 Å². The highest BCUT2D eigenvalue weighted by Crippen LogP contribution is 2.13. The van der Waals surface area contributed by atoms with Crippen LogP contribution in [-0.2, 0) is 7.05 Å². The van der Waals surface area contributed by atoms with Crippen LogP contribution in [-0.4, -0.2) is 33.5 Å². The number of halogens is 1. The lowest BCUT2D eigenvalue weighted by Crippen LogP contribution is -2.27. The number of nitrogens with zero attached hydrogens (tertiary/aromatic N) is 3. The first-order valence-corrected chi connectivity index (χ1v) is 7.07. The van der Waals surface area contributed by atoms with E-state index in [-0.39, 0.29) is 5.91 Å². The van der Waals surface area contributed by atoms with E-state index < -0.39 is 0 Å². The molecular formula is C13H16BrN5O. The van der Waals surface area contributed by atoms with Gasteiger partial charge < -0.3 is 15.2 Å². The number of carbonyl (C=O) groups is 1. The number of hydrogen-bond donors (Lipinski definition) is 2. The van der Waals surface area contributed by atoms with Crippen LogP contribution < -0.4 is 10.6 Å². The Morgan fingerprint density at radius 3 is 2.75 bits per heavy atom. The molecule has 2 rings (SSSR count). The fraction of sp³-hybridized carbons (Fsp3) is 0.308. The molecule has 106 valence electrons. The largest absolute Gasteiger partial charge is 0.354 e. The second-order valence-corrected chi connectivity index (χ2v) is 5.18. The molecule has 2 aromatic rings. The maximum Gasteiger partial charge on any atom is 0.267 e. The van der Waals surface area contributed by atoms with Gasteiger partial charge in [-0.05, 0) is 34.5 Å². The maximum atomic E-state index is 11.9. The highest BCUT2D eigenvalue weighted by molar-refractivity contribution is 9.10. The minimum atomic E-state index is -0.0749. The van der Waals surface area contributed by atoms with Crippen LogP contribution in [0.4, 0.5) is 5.95 Å². The molecule has 7 heteroatoms. The summed E-state index contributed by atoms with van der Waals surface area (Å²) in [7, 11) is 1.84. The molecule has 1 amide bonds. The van der Waals surface area contributed by atoms with Crippen molar-refractivity contribution in [2.75, 3.05) is 18.4 Å². The Hall–Kier alpha value is -1.89. The molecule has 0 aliphatic rings. The third kappa shape index (κ3) is 4.06. The topological polar surface area (TPSA) is 71.8 Å². The van der Waals surface area contributed by atoms with Crippen molar-refractivity contribution in [2.24, 2.45) is 7.05 Å². The molecule has 0 bridgehead atoms. The Labute approximate surface area is 125 Å². The third-order valence-corrected chi connectivity index (χ3v) is 3.13. The van der Waals surface area contributed by atoms with E-state index in [1.807, 2.05) is 13.2 Å². The first kappa shape index (κ1) is 14.5. The lowest BCUT2D eigenvalue weighted by molar-refractivity contribution is 0.0945. The summed E-state index contributed by atoms with van der Waals surface area (Å²) >= 11 is 3.35. The molecule has 0 saturated carbocycles. The molecule has 2 aromatic heterocycles. The summed E-state index contributed by atoms with van der Waals surface area (Å²) in [4.78, 5) is 20.0. The van der Waals surface area contributed by atoms with E-state index in [0.29, 0.717) is 24.7 Å². The van der Waals surface area contributed by atoms with Crippen LogP contribution in [0.2, 0.25) is 0 Å². The minimum Gasteiger partial charge on any atom is -0.354 e. The predicted octanol–water partition coefficient (Wildman–Crippen LogP) is 1.81. The van der Waals surface area contributed by atoms with E-state index in [9.17, 15) is 4.79 Å². The van der Waals surface area contributed by atoms with Crippen LogP contribution in [0.3, 0.4) is 0 Å². The zero-order valence-electron chi connectivity index (χ0n) is 11.1. The summed E-state index contributed by atoms with van der Waals surface area (Å²) in [6.45, 7) is 1.31. The Bertz CT molecular complexity index is 569. The van der Waals surface area contributed by atoms with Crippen LogP contribution in [0, 0.1) is 0 Å². The molecule has 0 unspecified atom stereocenters. The number of nitrogens with one attached hydrogen (secondary N) is 2. The first-order chi connectivity index (χ1) is 9.66. The van der Waals surface area contributed by atoms with Gasteiger partial charge in [-0.25, -0.2) is 9.97 Å². The first-order valence-electron chi connectivity index (χ1n) is 6.28. The fourth-order valence-electron chi connectivity index (χ4n) is 1.72. The van der Waals surface area contributed by atoms with Gasteiger partial charge in [-0.15, -0.1) is 0 Å². The SMILES string of the molecule is Cn1cc(Br)cc1C(=O)NCCCNc1ncccn1. The molecule has 2 N–H and O–H groups in total. The van der Waals surface area contributed by atoms with Crippen molar-refractivity contribution in [1.82, 2.24) is 19.9 Å². The van der Waals surface area contributed by atoms with Gasteiger partial charge in [0.25, 0.3) is 5.91 Å². The van der Waals surface area contributed by atoms with Gasteiger partial charge in [0.2, 0.25) is 5.95 Å². The van der Waals surface area contributed by atoms with Crippen molar-refractivity contribution in [3.63, 3.8) is 0 Å². The number of aromatic nitrogens is 3. The Balaban J connectivity index is 1.68. The monoisotopic (exact) mass is 337 g/mol. The highest BCUT2D eigenvalue weighted by Gasteiger charge is 2.09. The van der Waals surface area contributed by atoms with Crippen LogP contribution >= 0.6 is 15.9 Å². The van der Waals surface area contributed by atoms with Crippen molar-refractivity contribution in [2.45, 2.75) is 6.42 Å². The summed E-state index contributed by atoms with van der Waals surface area (Å²) in [6, 6.07) is 3.56. The lowest BCUT2D eigenvalue weighted by Gasteiger charge is -2.07. The molecule has 0 atom stereocenters. The number of rotatable bonds is 6. The van der Waals surface area contributed by atoms with E-state index in [1.54, 1.807) is 29.1 Å². The van der Waals surface area contributed by atoms with E-state index in [2.05, 4.69) is 36.5 Å². The average molecular weight is 338 g/mol. The summed E-state index contributed by atoms with van der Waals surface area (Å²) < 4.78 is 2.68. The zero-order chi connectivity index (χ0) is 14.4. The van der Waals surface area contributed by atoms with Crippen LogP contribution in [0.15, 0.2) is 35.2 Å². The number of carbonyl (C=O) groups excluding carboxylic acids is 1. The maximum absolute atomic E-state index is 11.9. The second-order valence-electron chi connectivity index (χ2n) is 4.26. The zero-order valence-corrected chi connectivity index (χ0v) is 12.7. The predicted molar refractivity (Wildman–Crippen MR) is 80.6 cm³/mol. The van der Waals surface area contributed by atoms with E-state index in [1.165, 1.54) is 0 Å². The third-order valence-electron chi connectivity index (χ3n) is 2.69. The quantitative estimate of drug-likeness (QED) is 0.788. The number of anilines is 1. The number of amides is 1. The standard InChI is InChI=1S/C13H16BrN5O/c1-19-9-10(14)8-11(19)12(20)15-4-2-5-16-13-17-6-3-7-18-13/h3,6-9H,2,4-5H2,1H3,(H,15,20)(H,16,17,18). The Morgan fingerprint density at radius 2 is 2.10 bits per heavy atom. The average Bonchev–Trinajstić information content (AvgIpc) is 2.78. The van der Waals surface area contributed by atoms with Gasteiger partial charge in [-0.3, -0.25) is 4.79 Å². The van der Waals surface area contributed by atoms with Gasteiger partial charge in [-0.2, -0.15) is 0 Å². The smallest absolute Gasteiger partial charge is 0.267 e. The summed E-state index contributed by atoms with van der Waals surface area (Å²) in [5.41, 5.74) is 0.635. The van der Waals surface area contributed by atoms with Crippen LogP contribution in [0.25, 0.3) is 0 Å². The van der Waals surface area contributed by atoms with E-state index in [4.69, 9.17) is 0 Å². The van der Waals surface area contributed by atoms with Gasteiger partial charge >= 0.3 is 0 Å². The summed E-state index contributed by atoms with van der Waals surface area (Å²) in [5.74, 6) is 0.527. The second kappa shape index (κ2) is 7.04. The Morgan fingerprint density at radius 1 is 1.35 bits per heavy atom. The molecular weight excluding hydrogens is 322 g/mol. The fourth-order valence-corrected chi connectivity index (χ4v) is 2.25. The van der Waals surface area contributed by atoms with Crippen LogP contribution in [0.1, 0.15) is 16.9 Å². The molecule has 0 aliphatic carbocycles. The van der Waals surface area contributed by atoms with E-state index >= 15 is 0 Å².